The first-order valence-electron chi connectivity index (χ1n) is 13.4. The van der Waals surface area contributed by atoms with Gasteiger partial charge in [0.25, 0.3) is 11.8 Å². The van der Waals surface area contributed by atoms with E-state index in [1.165, 1.54) is 54.2 Å². The highest BCUT2D eigenvalue weighted by Gasteiger charge is 2.31. The summed E-state index contributed by atoms with van der Waals surface area (Å²) >= 11 is 0. The molecule has 2 amide bonds. The molecule has 17 heteroatoms. The zero-order chi connectivity index (χ0) is 32.1. The molecule has 0 saturated carbocycles. The number of likely N-dealkylation sites (N-methyl/N-ethyl adjacent to an activating group) is 1. The van der Waals surface area contributed by atoms with Gasteiger partial charge in [-0.3, -0.25) is 34.3 Å². The Morgan fingerprint density at radius 2 is 1.59 bits per heavy atom. The molecule has 0 radical (unpaired) electrons. The van der Waals surface area contributed by atoms with E-state index in [-0.39, 0.29) is 49.7 Å². The Bertz CT molecular complexity index is 1500. The first-order chi connectivity index (χ1) is 20.7. The quantitative estimate of drug-likeness (QED) is 0.261. The molecule has 0 fully saturated rings. The van der Waals surface area contributed by atoms with E-state index in [0.29, 0.717) is 11.3 Å². The Hall–Kier alpha value is -4.67. The van der Waals surface area contributed by atoms with E-state index in [2.05, 4.69) is 36.4 Å². The van der Waals surface area contributed by atoms with Crippen LogP contribution in [0.1, 0.15) is 53.3 Å². The molecule has 1 aliphatic heterocycles. The highest BCUT2D eigenvalue weighted by Crippen LogP contribution is 2.29. The fourth-order valence-corrected chi connectivity index (χ4v) is 4.12. The summed E-state index contributed by atoms with van der Waals surface area (Å²) in [4.78, 5) is 33.0. The van der Waals surface area contributed by atoms with E-state index in [9.17, 15) is 31.5 Å². The predicted octanol–water partition coefficient (Wildman–Crippen LogP) is 2.77. The normalized spacial score (nSPS) is 14.4. The third kappa shape index (κ3) is 8.68. The van der Waals surface area contributed by atoms with Crippen molar-refractivity contribution in [1.29, 1.82) is 0 Å². The number of rotatable bonds is 12. The van der Waals surface area contributed by atoms with Crippen LogP contribution in [-0.2, 0) is 36.3 Å². The van der Waals surface area contributed by atoms with Gasteiger partial charge in [0.1, 0.15) is 17.5 Å². The highest BCUT2D eigenvalue weighted by atomic mass is 19.4. The van der Waals surface area contributed by atoms with Gasteiger partial charge < -0.3 is 10.6 Å². The number of pyridine rings is 2. The molecule has 44 heavy (non-hydrogen) atoms. The summed E-state index contributed by atoms with van der Waals surface area (Å²) in [6.45, 7) is 2.63. The summed E-state index contributed by atoms with van der Waals surface area (Å²) < 4.78 is 69.0. The fourth-order valence-electron chi connectivity index (χ4n) is 4.12. The second kappa shape index (κ2) is 13.3. The van der Waals surface area contributed by atoms with Crippen LogP contribution in [0.2, 0.25) is 0 Å². The van der Waals surface area contributed by atoms with Crippen molar-refractivity contribution in [3.05, 3.63) is 83.0 Å². The van der Waals surface area contributed by atoms with Gasteiger partial charge in [-0.05, 0) is 43.7 Å². The molecule has 3 aromatic rings. The molecule has 1 unspecified atom stereocenters. The van der Waals surface area contributed by atoms with Crippen molar-refractivity contribution in [3.8, 4) is 0 Å². The number of carbonyl (C=O) groups excluding carboxylic acids is 2. The zero-order valence-corrected chi connectivity index (χ0v) is 24.1. The second-order valence-corrected chi connectivity index (χ2v) is 10.5. The van der Waals surface area contributed by atoms with Gasteiger partial charge in [-0.15, -0.1) is 10.6 Å². The van der Waals surface area contributed by atoms with Crippen LogP contribution in [0.25, 0.3) is 0 Å². The van der Waals surface area contributed by atoms with Crippen molar-refractivity contribution in [2.45, 2.75) is 57.9 Å². The second-order valence-electron chi connectivity index (χ2n) is 10.5. The van der Waals surface area contributed by atoms with E-state index < -0.39 is 35.4 Å². The van der Waals surface area contributed by atoms with Crippen molar-refractivity contribution in [1.82, 2.24) is 51.1 Å². The Labute approximate surface area is 249 Å². The number of alkyl halides is 5. The van der Waals surface area contributed by atoms with E-state index >= 15 is 0 Å². The fraction of sp³-hybridized carbons (Fsp3) is 0.407. The molecule has 236 valence electrons. The van der Waals surface area contributed by atoms with Crippen LogP contribution in [0.15, 0.2) is 54.8 Å². The molecule has 0 saturated heterocycles. The minimum Gasteiger partial charge on any atom is -0.345 e. The molecular formula is C27H31F5N10O2. The summed E-state index contributed by atoms with van der Waals surface area (Å²) in [5.41, 5.74) is 1.43. The Morgan fingerprint density at radius 1 is 0.977 bits per heavy atom. The zero-order valence-electron chi connectivity index (χ0n) is 24.1. The van der Waals surface area contributed by atoms with Gasteiger partial charge in [-0.2, -0.15) is 13.2 Å². The number of nitrogens with zero attached hydrogens (tertiary/aromatic N) is 7. The number of aryl methyl sites for hydroxylation is 1. The topological polar surface area (TPSA) is 133 Å². The van der Waals surface area contributed by atoms with Crippen LogP contribution in [0.3, 0.4) is 0 Å². The largest absolute Gasteiger partial charge is 0.416 e. The molecule has 4 heterocycles. The number of aromatic nitrogens is 5. The monoisotopic (exact) mass is 622 g/mol. The Kier molecular flexibility index (Phi) is 9.76. The highest BCUT2D eigenvalue weighted by molar-refractivity contribution is 5.92. The van der Waals surface area contributed by atoms with Crippen LogP contribution in [0.4, 0.5) is 22.0 Å². The van der Waals surface area contributed by atoms with Gasteiger partial charge in [0.05, 0.1) is 42.8 Å². The Morgan fingerprint density at radius 3 is 2.23 bits per heavy atom. The molecule has 3 N–H and O–H groups in total. The van der Waals surface area contributed by atoms with Gasteiger partial charge >= 0.3 is 6.18 Å². The van der Waals surface area contributed by atoms with Crippen LogP contribution in [0, 0.1) is 0 Å². The number of hydrogen-bond acceptors (Lipinski definition) is 9. The van der Waals surface area contributed by atoms with Crippen molar-refractivity contribution < 1.29 is 31.5 Å². The van der Waals surface area contributed by atoms with E-state index in [1.807, 2.05) is 0 Å². The summed E-state index contributed by atoms with van der Waals surface area (Å²) in [6.07, 6.45) is -0.665. The lowest BCUT2D eigenvalue weighted by atomic mass is 10.0. The molecule has 0 aliphatic carbocycles. The third-order valence-corrected chi connectivity index (χ3v) is 6.50. The molecule has 0 aromatic carbocycles. The van der Waals surface area contributed by atoms with Crippen molar-refractivity contribution >= 4 is 11.8 Å². The standard InChI is InChI=1S/C27H31F5N10O2/c1-26(2,29)17-4-7-33-20(10-17)12-35-24(43)22-15-41(38-37-22)9-6-19(28)14-42-16-23(40(3)39-42)25(44)36-13-21-11-18(5-8-34-21)27(30,31)32/h4-5,7-8,10-11,15-16,19,39H,6,9,12-14H2,1-3H3,(H,35,43)(H,36,44). The molecule has 1 atom stereocenters. The van der Waals surface area contributed by atoms with Gasteiger partial charge in [0.15, 0.2) is 5.69 Å². The maximum absolute atomic E-state index is 14.8. The van der Waals surface area contributed by atoms with E-state index in [1.54, 1.807) is 12.1 Å². The van der Waals surface area contributed by atoms with Crippen molar-refractivity contribution in [2.24, 2.45) is 0 Å². The molecule has 0 spiro atoms. The minimum absolute atomic E-state index is 0.0125. The number of hydrogen-bond donors (Lipinski definition) is 3. The first kappa shape index (κ1) is 32.2. The molecule has 1 aliphatic rings. The Balaban J connectivity index is 1.22. The third-order valence-electron chi connectivity index (χ3n) is 6.50. The minimum atomic E-state index is -4.53. The lowest BCUT2D eigenvalue weighted by Gasteiger charge is -2.21. The first-order valence-corrected chi connectivity index (χ1v) is 13.4. The van der Waals surface area contributed by atoms with Crippen LogP contribution in [0.5, 0.6) is 0 Å². The van der Waals surface area contributed by atoms with Crippen LogP contribution >= 0.6 is 0 Å². The van der Waals surface area contributed by atoms with Crippen molar-refractivity contribution in [3.63, 3.8) is 0 Å². The summed E-state index contributed by atoms with van der Waals surface area (Å²) in [6, 6.07) is 4.81. The van der Waals surface area contributed by atoms with Crippen LogP contribution < -0.4 is 16.2 Å². The lowest BCUT2D eigenvalue weighted by molar-refractivity contribution is -0.137. The van der Waals surface area contributed by atoms with Gasteiger partial charge in [-0.25, -0.2) is 8.78 Å². The molecule has 12 nitrogen and oxygen atoms in total. The summed E-state index contributed by atoms with van der Waals surface area (Å²) in [5.74, 6) is -1.12. The van der Waals surface area contributed by atoms with Crippen molar-refractivity contribution in [2.75, 3.05) is 13.6 Å². The number of carbonyl (C=O) groups is 2. The molecular weight excluding hydrogens is 591 g/mol. The van der Waals surface area contributed by atoms with Gasteiger partial charge in [0.2, 0.25) is 0 Å². The number of hydrazine groups is 2. The smallest absolute Gasteiger partial charge is 0.345 e. The maximum atomic E-state index is 14.8. The summed E-state index contributed by atoms with van der Waals surface area (Å²) in [7, 11) is 1.53. The van der Waals surface area contributed by atoms with Gasteiger partial charge in [-0.1, -0.05) is 5.21 Å². The predicted molar refractivity (Wildman–Crippen MR) is 146 cm³/mol. The summed E-state index contributed by atoms with van der Waals surface area (Å²) in [5, 5.41) is 15.5. The number of halogens is 5. The maximum Gasteiger partial charge on any atom is 0.416 e. The van der Waals surface area contributed by atoms with E-state index in [4.69, 9.17) is 0 Å². The van der Waals surface area contributed by atoms with E-state index in [0.717, 1.165) is 18.3 Å². The number of nitrogens with one attached hydrogen (secondary N) is 3. The number of amides is 2. The molecule has 0 bridgehead atoms. The van der Waals surface area contributed by atoms with Gasteiger partial charge in [0, 0.05) is 38.6 Å². The molecule has 4 rings (SSSR count). The SMILES string of the molecule is CN1NN(CC(F)CCn2cc(C(=O)NCc3cc(C(C)(C)F)ccn3)nn2)C=C1C(=O)NCc1cc(C(F)(F)F)ccn1. The lowest BCUT2D eigenvalue weighted by Crippen LogP contribution is -2.42. The molecule has 3 aromatic heterocycles. The van der Waals surface area contributed by atoms with Crippen LogP contribution in [-0.4, -0.2) is 66.6 Å². The average molecular weight is 623 g/mol. The average Bonchev–Trinajstić information content (AvgIpc) is 3.59.